The van der Waals surface area contributed by atoms with E-state index in [1.54, 1.807) is 19.2 Å². The van der Waals surface area contributed by atoms with E-state index in [1.807, 2.05) is 12.1 Å². The molecule has 1 aromatic carbocycles. The summed E-state index contributed by atoms with van der Waals surface area (Å²) in [6, 6.07) is 7.18. The molecule has 118 valence electrons. The van der Waals surface area contributed by atoms with Gasteiger partial charge >= 0.3 is 0 Å². The van der Waals surface area contributed by atoms with Crippen molar-refractivity contribution in [1.82, 2.24) is 10.2 Å². The molecule has 5 heteroatoms. The molecule has 0 aliphatic carbocycles. The van der Waals surface area contributed by atoms with E-state index >= 15 is 0 Å². The molecule has 0 heterocycles. The van der Waals surface area contributed by atoms with Crippen LogP contribution >= 0.6 is 0 Å². The SMILES string of the molecule is CCN(CC)CCOCCNC(=O)c1ccccc1OC. The number of carbonyl (C=O) groups excluding carboxylic acids is 1. The Morgan fingerprint density at radius 3 is 2.57 bits per heavy atom. The maximum atomic E-state index is 12.0. The third-order valence-electron chi connectivity index (χ3n) is 3.33. The number of hydrogen-bond donors (Lipinski definition) is 1. The van der Waals surface area contributed by atoms with E-state index in [-0.39, 0.29) is 5.91 Å². The van der Waals surface area contributed by atoms with Crippen molar-refractivity contribution in [1.29, 1.82) is 0 Å². The van der Waals surface area contributed by atoms with E-state index in [2.05, 4.69) is 24.1 Å². The predicted octanol–water partition coefficient (Wildman–Crippen LogP) is 1.78. The predicted molar refractivity (Wildman–Crippen MR) is 83.9 cm³/mol. The Balaban J connectivity index is 2.22. The van der Waals surface area contributed by atoms with E-state index in [0.717, 1.165) is 19.6 Å². The van der Waals surface area contributed by atoms with Gasteiger partial charge in [0.2, 0.25) is 0 Å². The maximum absolute atomic E-state index is 12.0. The molecule has 5 nitrogen and oxygen atoms in total. The van der Waals surface area contributed by atoms with Crippen LogP contribution in [0.3, 0.4) is 0 Å². The second-order valence-corrected chi connectivity index (χ2v) is 4.60. The third-order valence-corrected chi connectivity index (χ3v) is 3.33. The summed E-state index contributed by atoms with van der Waals surface area (Å²) in [4.78, 5) is 14.3. The van der Waals surface area contributed by atoms with Crippen LogP contribution in [0.1, 0.15) is 24.2 Å². The maximum Gasteiger partial charge on any atom is 0.255 e. The molecule has 0 atom stereocenters. The van der Waals surface area contributed by atoms with Crippen LogP contribution < -0.4 is 10.1 Å². The summed E-state index contributed by atoms with van der Waals surface area (Å²) >= 11 is 0. The van der Waals surface area contributed by atoms with Gasteiger partial charge in [0.05, 0.1) is 25.9 Å². The van der Waals surface area contributed by atoms with Crippen LogP contribution in [0, 0.1) is 0 Å². The Morgan fingerprint density at radius 1 is 1.19 bits per heavy atom. The molecule has 21 heavy (non-hydrogen) atoms. The Morgan fingerprint density at radius 2 is 1.90 bits per heavy atom. The van der Waals surface area contributed by atoms with Crippen LogP contribution in [0.25, 0.3) is 0 Å². The lowest BCUT2D eigenvalue weighted by Crippen LogP contribution is -2.30. The molecule has 0 fully saturated rings. The standard InChI is InChI=1S/C16H26N2O3/c1-4-18(5-2)11-13-21-12-10-17-16(19)14-8-6-7-9-15(14)20-3/h6-9H,4-5,10-13H2,1-3H3,(H,17,19). The Labute approximate surface area is 127 Å². The molecule has 1 amide bonds. The van der Waals surface area contributed by atoms with Gasteiger partial charge in [-0.2, -0.15) is 0 Å². The monoisotopic (exact) mass is 294 g/mol. The number of hydrogen-bond acceptors (Lipinski definition) is 4. The van der Waals surface area contributed by atoms with Gasteiger partial charge in [-0.05, 0) is 25.2 Å². The van der Waals surface area contributed by atoms with Crippen LogP contribution in [-0.2, 0) is 4.74 Å². The summed E-state index contributed by atoms with van der Waals surface area (Å²) in [5, 5.41) is 2.83. The molecule has 0 unspecified atom stereocenters. The number of benzene rings is 1. The zero-order valence-corrected chi connectivity index (χ0v) is 13.2. The van der Waals surface area contributed by atoms with Gasteiger partial charge in [0, 0.05) is 13.1 Å². The Kier molecular flexibility index (Phi) is 8.47. The summed E-state index contributed by atoms with van der Waals surface area (Å²) in [6.45, 7) is 8.96. The minimum atomic E-state index is -0.139. The van der Waals surface area contributed by atoms with Crippen LogP contribution in [0.4, 0.5) is 0 Å². The lowest BCUT2D eigenvalue weighted by molar-refractivity contribution is 0.0882. The molecular weight excluding hydrogens is 268 g/mol. The van der Waals surface area contributed by atoms with Crippen molar-refractivity contribution in [2.45, 2.75) is 13.8 Å². The summed E-state index contributed by atoms with van der Waals surface area (Å²) in [5.41, 5.74) is 0.545. The van der Waals surface area contributed by atoms with Gasteiger partial charge in [0.1, 0.15) is 5.75 Å². The van der Waals surface area contributed by atoms with Gasteiger partial charge < -0.3 is 19.7 Å². The first-order valence-electron chi connectivity index (χ1n) is 7.44. The highest BCUT2D eigenvalue weighted by Crippen LogP contribution is 2.16. The third kappa shape index (κ3) is 6.14. The first-order chi connectivity index (χ1) is 10.2. The second-order valence-electron chi connectivity index (χ2n) is 4.60. The molecule has 0 aliphatic heterocycles. The quantitative estimate of drug-likeness (QED) is 0.668. The molecule has 1 rings (SSSR count). The van der Waals surface area contributed by atoms with Gasteiger partial charge in [-0.15, -0.1) is 0 Å². The molecular formula is C16H26N2O3. The van der Waals surface area contributed by atoms with Gasteiger partial charge in [0.15, 0.2) is 0 Å². The van der Waals surface area contributed by atoms with Crippen LogP contribution in [-0.4, -0.2) is 57.3 Å². The molecule has 0 saturated carbocycles. The van der Waals surface area contributed by atoms with Crippen LogP contribution in [0.2, 0.25) is 0 Å². The first kappa shape index (κ1) is 17.5. The number of ether oxygens (including phenoxy) is 2. The minimum Gasteiger partial charge on any atom is -0.496 e. The van der Waals surface area contributed by atoms with Gasteiger partial charge in [-0.1, -0.05) is 26.0 Å². The van der Waals surface area contributed by atoms with Crippen molar-refractivity contribution in [3.05, 3.63) is 29.8 Å². The molecule has 1 N–H and O–H groups in total. The van der Waals surface area contributed by atoms with Gasteiger partial charge in [0.25, 0.3) is 5.91 Å². The molecule has 0 bridgehead atoms. The molecule has 0 spiro atoms. The van der Waals surface area contributed by atoms with Crippen molar-refractivity contribution in [2.75, 3.05) is 46.5 Å². The zero-order valence-electron chi connectivity index (χ0n) is 13.2. The van der Waals surface area contributed by atoms with E-state index in [4.69, 9.17) is 9.47 Å². The Hall–Kier alpha value is -1.59. The highest BCUT2D eigenvalue weighted by Gasteiger charge is 2.10. The van der Waals surface area contributed by atoms with Crippen molar-refractivity contribution >= 4 is 5.91 Å². The molecule has 0 aromatic heterocycles. The fraction of sp³-hybridized carbons (Fsp3) is 0.562. The van der Waals surface area contributed by atoms with Gasteiger partial charge in [-0.25, -0.2) is 0 Å². The lowest BCUT2D eigenvalue weighted by Gasteiger charge is -2.17. The zero-order chi connectivity index (χ0) is 15.5. The van der Waals surface area contributed by atoms with Gasteiger partial charge in [-0.3, -0.25) is 4.79 Å². The normalized spacial score (nSPS) is 10.7. The smallest absolute Gasteiger partial charge is 0.255 e. The van der Waals surface area contributed by atoms with Crippen molar-refractivity contribution in [2.24, 2.45) is 0 Å². The van der Waals surface area contributed by atoms with Crippen molar-refractivity contribution in [3.8, 4) is 5.75 Å². The first-order valence-corrected chi connectivity index (χ1v) is 7.44. The lowest BCUT2D eigenvalue weighted by atomic mass is 10.2. The number of nitrogens with zero attached hydrogens (tertiary/aromatic N) is 1. The molecule has 0 saturated heterocycles. The fourth-order valence-electron chi connectivity index (χ4n) is 2.00. The van der Waals surface area contributed by atoms with Crippen LogP contribution in [0.5, 0.6) is 5.75 Å². The number of rotatable bonds is 10. The van der Waals surface area contributed by atoms with E-state index in [0.29, 0.717) is 31.1 Å². The largest absolute Gasteiger partial charge is 0.496 e. The minimum absolute atomic E-state index is 0.139. The molecule has 0 aliphatic rings. The summed E-state index contributed by atoms with van der Waals surface area (Å²) in [6.07, 6.45) is 0. The highest BCUT2D eigenvalue weighted by molar-refractivity contribution is 5.96. The van der Waals surface area contributed by atoms with E-state index in [9.17, 15) is 4.79 Å². The average molecular weight is 294 g/mol. The van der Waals surface area contributed by atoms with Crippen LogP contribution in [0.15, 0.2) is 24.3 Å². The average Bonchev–Trinajstić information content (AvgIpc) is 2.54. The van der Waals surface area contributed by atoms with Crippen molar-refractivity contribution in [3.63, 3.8) is 0 Å². The summed E-state index contributed by atoms with van der Waals surface area (Å²) < 4.78 is 10.7. The molecule has 1 aromatic rings. The Bertz CT molecular complexity index is 420. The van der Waals surface area contributed by atoms with E-state index in [1.165, 1.54) is 0 Å². The summed E-state index contributed by atoms with van der Waals surface area (Å²) in [5.74, 6) is 0.442. The number of para-hydroxylation sites is 1. The summed E-state index contributed by atoms with van der Waals surface area (Å²) in [7, 11) is 1.56. The number of amides is 1. The van der Waals surface area contributed by atoms with E-state index < -0.39 is 0 Å². The van der Waals surface area contributed by atoms with Crippen molar-refractivity contribution < 1.29 is 14.3 Å². The molecule has 0 radical (unpaired) electrons. The number of likely N-dealkylation sites (N-methyl/N-ethyl adjacent to an activating group) is 1. The highest BCUT2D eigenvalue weighted by atomic mass is 16.5. The number of nitrogens with one attached hydrogen (secondary N) is 1. The fourth-order valence-corrected chi connectivity index (χ4v) is 2.00. The topological polar surface area (TPSA) is 50.8 Å². The second kappa shape index (κ2) is 10.2. The number of carbonyl (C=O) groups is 1. The number of methoxy groups -OCH3 is 1.